The normalized spacial score (nSPS) is 10.6. The van der Waals surface area contributed by atoms with Gasteiger partial charge in [-0.1, -0.05) is 30.3 Å². The van der Waals surface area contributed by atoms with E-state index in [-0.39, 0.29) is 11.2 Å². The van der Waals surface area contributed by atoms with Crippen LogP contribution >= 0.6 is 0 Å². The summed E-state index contributed by atoms with van der Waals surface area (Å²) in [6.07, 6.45) is 0. The molecule has 0 aliphatic rings. The van der Waals surface area contributed by atoms with Crippen LogP contribution in [0.2, 0.25) is 0 Å². The summed E-state index contributed by atoms with van der Waals surface area (Å²) in [5.74, 6) is -0.111. The predicted octanol–water partition coefficient (Wildman–Crippen LogP) is 3.65. The molecule has 0 aliphatic carbocycles. The number of nitrogen functional groups attached to an aromatic ring is 1. The van der Waals surface area contributed by atoms with Gasteiger partial charge in [-0.25, -0.2) is 9.18 Å². The summed E-state index contributed by atoms with van der Waals surface area (Å²) in [5, 5.41) is 7.77. The van der Waals surface area contributed by atoms with Crippen LogP contribution in [0.4, 0.5) is 26.4 Å². The van der Waals surface area contributed by atoms with Crippen molar-refractivity contribution in [1.82, 2.24) is 10.2 Å². The molecule has 7 nitrogen and oxygen atoms in total. The van der Waals surface area contributed by atoms with Gasteiger partial charge in [-0.3, -0.25) is 10.00 Å². The molecule has 0 bridgehead atoms. The number of carbonyl (C=O) groups is 1. The molecule has 8 heteroatoms. The predicted molar refractivity (Wildman–Crippen MR) is 112 cm³/mol. The first-order chi connectivity index (χ1) is 13.5. The minimum Gasteiger partial charge on any atom is -0.412 e. The molecule has 148 valence electrons. The smallest absolute Gasteiger partial charge is 0.323 e. The fourth-order valence-electron chi connectivity index (χ4n) is 3.31. The van der Waals surface area contributed by atoms with Gasteiger partial charge in [-0.05, 0) is 53.9 Å². The molecule has 7 N–H and O–H groups in total. The van der Waals surface area contributed by atoms with Crippen LogP contribution in [-0.4, -0.2) is 21.7 Å². The van der Waals surface area contributed by atoms with E-state index in [0.717, 1.165) is 32.5 Å². The molecule has 0 radical (unpaired) electrons. The summed E-state index contributed by atoms with van der Waals surface area (Å²) in [6, 6.07) is 16.6. The van der Waals surface area contributed by atoms with E-state index in [0.29, 0.717) is 11.5 Å². The number of halogens is 1. The van der Waals surface area contributed by atoms with Gasteiger partial charge in [0.05, 0.1) is 22.3 Å². The van der Waals surface area contributed by atoms with E-state index in [2.05, 4.69) is 10.2 Å². The summed E-state index contributed by atoms with van der Waals surface area (Å²) in [6.45, 7) is 1.82. The zero-order valence-corrected chi connectivity index (χ0v) is 15.6. The number of hydrogen-bond donors (Lipinski definition) is 3. The second kappa shape index (κ2) is 7.61. The fraction of sp³-hybridized carbons (Fsp3) is 0.0476. The molecule has 29 heavy (non-hydrogen) atoms. The van der Waals surface area contributed by atoms with Gasteiger partial charge >= 0.3 is 6.03 Å². The molecule has 4 rings (SSSR count). The number of nitrogens with one attached hydrogen (secondary N) is 1. The number of rotatable bonds is 3. The van der Waals surface area contributed by atoms with E-state index in [9.17, 15) is 9.18 Å². The van der Waals surface area contributed by atoms with Gasteiger partial charge in [0.2, 0.25) is 0 Å². The van der Waals surface area contributed by atoms with Crippen LogP contribution in [-0.2, 0) is 0 Å². The average Bonchev–Trinajstić information content (AvgIpc) is 3.06. The monoisotopic (exact) mass is 393 g/mol. The Bertz CT molecular complexity index is 1190. The first kappa shape index (κ1) is 19.8. The van der Waals surface area contributed by atoms with Crippen LogP contribution in [0.1, 0.15) is 5.56 Å². The second-order valence-electron chi connectivity index (χ2n) is 6.51. The molecule has 2 amide bonds. The molecule has 4 aromatic rings. The van der Waals surface area contributed by atoms with Crippen molar-refractivity contribution in [1.29, 1.82) is 0 Å². The van der Waals surface area contributed by atoms with Crippen molar-refractivity contribution >= 4 is 34.1 Å². The average molecular weight is 393 g/mol. The Labute approximate surface area is 166 Å². The number of anilines is 3. The highest BCUT2D eigenvalue weighted by Gasteiger charge is 2.19. The molecule has 0 saturated heterocycles. The number of nitrogens with two attached hydrogens (primary N) is 2. The van der Waals surface area contributed by atoms with Crippen LogP contribution in [0.5, 0.6) is 0 Å². The third kappa shape index (κ3) is 3.48. The molecule has 1 aromatic heterocycles. The Balaban J connectivity index is 0.00000240. The van der Waals surface area contributed by atoms with Crippen molar-refractivity contribution in [3.63, 3.8) is 0 Å². The van der Waals surface area contributed by atoms with Gasteiger partial charge in [0.15, 0.2) is 5.82 Å². The Hall–Kier alpha value is -3.91. The highest BCUT2D eigenvalue weighted by molar-refractivity contribution is 6.02. The lowest BCUT2D eigenvalue weighted by Gasteiger charge is -2.22. The van der Waals surface area contributed by atoms with Crippen LogP contribution in [0, 0.1) is 12.7 Å². The summed E-state index contributed by atoms with van der Waals surface area (Å²) in [5.41, 5.74) is 15.5. The number of urea groups is 1. The third-order valence-electron chi connectivity index (χ3n) is 4.62. The molecular weight excluding hydrogens is 373 g/mol. The summed E-state index contributed by atoms with van der Waals surface area (Å²) in [4.78, 5) is 13.2. The molecular formula is C21H20FN5O2. The molecule has 0 unspecified atom stereocenters. The Kier molecular flexibility index (Phi) is 5.20. The maximum absolute atomic E-state index is 14.3. The quantitative estimate of drug-likeness (QED) is 0.490. The van der Waals surface area contributed by atoms with E-state index < -0.39 is 11.8 Å². The standard InChI is InChI=1S/C21H18FN5O.H2O/c1-12-5-10-16(22)18(11-12)27(21(24)28)14-8-6-13(7-9-14)15-3-2-4-17-19(15)20(23)26-25-17;/h2-11H,1H3,(H2,24,28)(H3,23,25,26);1H2. The number of amides is 2. The number of carbonyl (C=O) groups excluding carboxylic acids is 1. The van der Waals surface area contributed by atoms with Crippen LogP contribution in [0.25, 0.3) is 22.0 Å². The number of hydrogen-bond acceptors (Lipinski definition) is 3. The largest absolute Gasteiger partial charge is 0.412 e. The summed E-state index contributed by atoms with van der Waals surface area (Å²) >= 11 is 0. The minimum atomic E-state index is -0.765. The maximum Gasteiger partial charge on any atom is 0.323 e. The Morgan fingerprint density at radius 2 is 1.83 bits per heavy atom. The first-order valence-corrected chi connectivity index (χ1v) is 8.64. The van der Waals surface area contributed by atoms with Crippen molar-refractivity contribution in [3.05, 3.63) is 72.0 Å². The number of nitrogens with zero attached hydrogens (tertiary/aromatic N) is 2. The fourth-order valence-corrected chi connectivity index (χ4v) is 3.31. The van der Waals surface area contributed by atoms with Crippen molar-refractivity contribution in [2.75, 3.05) is 10.6 Å². The molecule has 0 saturated carbocycles. The van der Waals surface area contributed by atoms with E-state index in [1.165, 1.54) is 6.07 Å². The Morgan fingerprint density at radius 3 is 2.52 bits per heavy atom. The molecule has 0 atom stereocenters. The van der Waals surface area contributed by atoms with E-state index in [4.69, 9.17) is 11.5 Å². The number of aromatic nitrogens is 2. The molecule has 3 aromatic carbocycles. The number of aromatic amines is 1. The summed E-state index contributed by atoms with van der Waals surface area (Å²) < 4.78 is 14.3. The Morgan fingerprint density at radius 1 is 1.10 bits per heavy atom. The topological polar surface area (TPSA) is 133 Å². The van der Waals surface area contributed by atoms with Crippen molar-refractivity contribution in [2.45, 2.75) is 6.92 Å². The number of fused-ring (bicyclic) bond motifs is 1. The third-order valence-corrected chi connectivity index (χ3v) is 4.62. The van der Waals surface area contributed by atoms with Gasteiger partial charge in [0.1, 0.15) is 5.82 Å². The van der Waals surface area contributed by atoms with E-state index in [1.54, 1.807) is 24.3 Å². The molecule has 0 spiro atoms. The van der Waals surface area contributed by atoms with Gasteiger partial charge in [-0.15, -0.1) is 0 Å². The zero-order chi connectivity index (χ0) is 19.8. The van der Waals surface area contributed by atoms with Crippen molar-refractivity contribution in [3.8, 4) is 11.1 Å². The molecule has 0 fully saturated rings. The second-order valence-corrected chi connectivity index (χ2v) is 6.51. The van der Waals surface area contributed by atoms with Crippen LogP contribution < -0.4 is 16.4 Å². The van der Waals surface area contributed by atoms with Gasteiger partial charge in [0, 0.05) is 0 Å². The van der Waals surface area contributed by atoms with Crippen LogP contribution in [0.15, 0.2) is 60.7 Å². The molecule has 1 heterocycles. The SMILES string of the molecule is Cc1ccc(F)c(N(C(N)=O)c2ccc(-c3cccc4[nH]nc(N)c34)cc2)c1.O. The molecule has 0 aliphatic heterocycles. The lowest BCUT2D eigenvalue weighted by molar-refractivity contribution is 0.256. The number of aryl methyl sites for hydroxylation is 1. The number of benzene rings is 3. The number of primary amides is 1. The first-order valence-electron chi connectivity index (χ1n) is 8.64. The number of H-pyrrole nitrogens is 1. The van der Waals surface area contributed by atoms with Gasteiger partial charge < -0.3 is 16.9 Å². The zero-order valence-electron chi connectivity index (χ0n) is 15.6. The van der Waals surface area contributed by atoms with Gasteiger partial charge in [0.25, 0.3) is 0 Å². The van der Waals surface area contributed by atoms with E-state index >= 15 is 0 Å². The van der Waals surface area contributed by atoms with E-state index in [1.807, 2.05) is 37.3 Å². The lowest BCUT2D eigenvalue weighted by Crippen LogP contribution is -2.32. The highest BCUT2D eigenvalue weighted by Crippen LogP contribution is 2.34. The van der Waals surface area contributed by atoms with Crippen LogP contribution in [0.3, 0.4) is 0 Å². The minimum absolute atomic E-state index is 0. The van der Waals surface area contributed by atoms with Crippen molar-refractivity contribution in [2.24, 2.45) is 5.73 Å². The van der Waals surface area contributed by atoms with Crippen molar-refractivity contribution < 1.29 is 14.7 Å². The summed E-state index contributed by atoms with van der Waals surface area (Å²) in [7, 11) is 0. The lowest BCUT2D eigenvalue weighted by atomic mass is 10.0. The maximum atomic E-state index is 14.3. The van der Waals surface area contributed by atoms with Gasteiger partial charge in [-0.2, -0.15) is 5.10 Å². The highest BCUT2D eigenvalue weighted by atomic mass is 19.1.